The Labute approximate surface area is 145 Å². The Hall–Kier alpha value is -2.47. The molecule has 3 rings (SSSR count). The van der Waals surface area contributed by atoms with Crippen LogP contribution in [0.15, 0.2) is 36.4 Å². The number of rotatable bonds is 5. The molecule has 132 valence electrons. The largest absolute Gasteiger partial charge is 0.495 e. The molecule has 25 heavy (non-hydrogen) atoms. The molecule has 0 radical (unpaired) electrons. The van der Waals surface area contributed by atoms with Crippen molar-refractivity contribution in [2.75, 3.05) is 7.11 Å². The topological polar surface area (TPSA) is 53.1 Å². The fraction of sp³-hybridized carbons (Fsp3) is 0.316. The molecule has 0 bridgehead atoms. The maximum absolute atomic E-state index is 14.0. The van der Waals surface area contributed by atoms with E-state index in [1.165, 1.54) is 13.2 Å². The highest BCUT2D eigenvalue weighted by Crippen LogP contribution is 2.38. The van der Waals surface area contributed by atoms with Gasteiger partial charge in [0.2, 0.25) is 5.95 Å². The van der Waals surface area contributed by atoms with Crippen LogP contribution < -0.4 is 10.5 Å². The van der Waals surface area contributed by atoms with Crippen LogP contribution >= 0.6 is 0 Å². The Balaban J connectivity index is 2.09. The highest BCUT2D eigenvalue weighted by molar-refractivity contribution is 5.93. The summed E-state index contributed by atoms with van der Waals surface area (Å²) in [7, 11) is 1.44. The molecule has 0 aliphatic heterocycles. The van der Waals surface area contributed by atoms with E-state index >= 15 is 0 Å². The van der Waals surface area contributed by atoms with E-state index in [4.69, 9.17) is 10.5 Å². The first kappa shape index (κ1) is 17.4. The monoisotopic (exact) mass is 345 g/mol. The highest BCUT2D eigenvalue weighted by Gasteiger charge is 2.20. The zero-order chi connectivity index (χ0) is 18.1. The number of ether oxygens (including phenoxy) is 1. The minimum absolute atomic E-state index is 0.0224. The van der Waals surface area contributed by atoms with Gasteiger partial charge in [-0.1, -0.05) is 40.6 Å². The van der Waals surface area contributed by atoms with Crippen molar-refractivity contribution in [3.63, 3.8) is 0 Å². The van der Waals surface area contributed by atoms with Crippen molar-refractivity contribution in [1.29, 1.82) is 0 Å². The lowest BCUT2D eigenvalue weighted by Crippen LogP contribution is -2.24. The molecule has 0 saturated carbocycles. The van der Waals surface area contributed by atoms with Crippen LogP contribution in [0.3, 0.4) is 0 Å². The average molecular weight is 345 g/mol. The van der Waals surface area contributed by atoms with Gasteiger partial charge in [-0.05, 0) is 42.5 Å². The summed E-state index contributed by atoms with van der Waals surface area (Å²) >= 11 is 0. The van der Waals surface area contributed by atoms with Crippen molar-refractivity contribution >= 4 is 10.9 Å². The lowest BCUT2D eigenvalue weighted by Gasteiger charge is -2.20. The first-order valence-electron chi connectivity index (χ1n) is 8.25. The van der Waals surface area contributed by atoms with Gasteiger partial charge in [0, 0.05) is 11.6 Å². The number of halogens is 2. The van der Waals surface area contributed by atoms with Crippen molar-refractivity contribution in [3.8, 4) is 16.9 Å². The number of benzene rings is 2. The first-order chi connectivity index (χ1) is 12.0. The fourth-order valence-corrected chi connectivity index (χ4v) is 3.37. The number of fused-ring (bicyclic) bond motifs is 1. The zero-order valence-electron chi connectivity index (χ0n) is 14.5. The predicted octanol–water partition coefficient (Wildman–Crippen LogP) is 4.42. The summed E-state index contributed by atoms with van der Waals surface area (Å²) in [6.07, 6.45) is 0.952. The smallest absolute Gasteiger partial charge is 0.247 e. The molecule has 2 aromatic carbocycles. The van der Waals surface area contributed by atoms with Crippen molar-refractivity contribution in [2.24, 2.45) is 5.73 Å². The number of aromatic nitrogens is 2. The maximum Gasteiger partial charge on any atom is 0.247 e. The van der Waals surface area contributed by atoms with Crippen molar-refractivity contribution in [1.82, 2.24) is 10.0 Å². The van der Waals surface area contributed by atoms with E-state index in [0.29, 0.717) is 5.56 Å². The second-order valence-electron chi connectivity index (χ2n) is 6.19. The molecule has 4 nitrogen and oxygen atoms in total. The van der Waals surface area contributed by atoms with Gasteiger partial charge in [0.1, 0.15) is 16.7 Å². The Bertz CT molecular complexity index is 888. The van der Waals surface area contributed by atoms with Gasteiger partial charge in [-0.15, -0.1) is 5.10 Å². The zero-order valence-corrected chi connectivity index (χ0v) is 14.5. The van der Waals surface area contributed by atoms with Crippen LogP contribution in [0.1, 0.15) is 31.7 Å². The molecule has 1 heterocycles. The SMILES string of the molecule is CCC(c1ccc(-c2ccc3c(c(F)nn3F)c2OC)cc1)C(C)N. The summed E-state index contributed by atoms with van der Waals surface area (Å²) in [6.45, 7) is 4.10. The molecule has 2 atom stereocenters. The Morgan fingerprint density at radius 1 is 1.20 bits per heavy atom. The minimum atomic E-state index is -0.893. The predicted molar refractivity (Wildman–Crippen MR) is 94.9 cm³/mol. The van der Waals surface area contributed by atoms with E-state index in [0.717, 1.165) is 17.5 Å². The van der Waals surface area contributed by atoms with Gasteiger partial charge in [-0.3, -0.25) is 0 Å². The van der Waals surface area contributed by atoms with Crippen LogP contribution in [0, 0.1) is 5.95 Å². The van der Waals surface area contributed by atoms with Crippen LogP contribution in [0.2, 0.25) is 0 Å². The van der Waals surface area contributed by atoms with E-state index in [2.05, 4.69) is 12.0 Å². The molecular formula is C19H21F2N3O. The third-order valence-electron chi connectivity index (χ3n) is 4.64. The van der Waals surface area contributed by atoms with E-state index in [1.807, 2.05) is 31.2 Å². The van der Waals surface area contributed by atoms with Crippen LogP contribution in [-0.2, 0) is 0 Å². The lowest BCUT2D eigenvalue weighted by atomic mass is 9.89. The number of methoxy groups -OCH3 is 1. The van der Waals surface area contributed by atoms with Crippen molar-refractivity contribution in [3.05, 3.63) is 47.9 Å². The molecule has 1 aromatic heterocycles. The quantitative estimate of drug-likeness (QED) is 0.744. The molecule has 0 spiro atoms. The molecule has 6 heteroatoms. The summed E-state index contributed by atoms with van der Waals surface area (Å²) in [5, 5.41) is 3.23. The van der Waals surface area contributed by atoms with E-state index in [1.54, 1.807) is 6.07 Å². The first-order valence-corrected chi connectivity index (χ1v) is 8.25. The highest BCUT2D eigenvalue weighted by atomic mass is 19.2. The Morgan fingerprint density at radius 2 is 1.88 bits per heavy atom. The van der Waals surface area contributed by atoms with Gasteiger partial charge in [0.25, 0.3) is 0 Å². The fourth-order valence-electron chi connectivity index (χ4n) is 3.37. The summed E-state index contributed by atoms with van der Waals surface area (Å²) in [5.74, 6) is -0.345. The summed E-state index contributed by atoms with van der Waals surface area (Å²) in [5.41, 5.74) is 8.78. The van der Waals surface area contributed by atoms with Gasteiger partial charge >= 0.3 is 0 Å². The summed E-state index contributed by atoms with van der Waals surface area (Å²) in [4.78, 5) is 0.0224. The van der Waals surface area contributed by atoms with Crippen LogP contribution in [0.25, 0.3) is 22.0 Å². The second kappa shape index (κ2) is 6.80. The van der Waals surface area contributed by atoms with Gasteiger partial charge < -0.3 is 10.5 Å². The van der Waals surface area contributed by atoms with Gasteiger partial charge in [0.05, 0.1) is 7.11 Å². The third-order valence-corrected chi connectivity index (χ3v) is 4.64. The number of hydrogen-bond acceptors (Lipinski definition) is 3. The molecule has 0 saturated heterocycles. The third kappa shape index (κ3) is 2.98. The molecule has 0 aliphatic carbocycles. The number of nitrogens with zero attached hydrogens (tertiary/aromatic N) is 2. The molecule has 3 aromatic rings. The standard InChI is InChI=1S/C19H21F2N3O/c1-4-14(11(2)22)12-5-7-13(8-6-12)15-9-10-16-17(18(15)25-3)19(20)23-24(16)21/h5-11,14H,4,22H2,1-3H3. The maximum atomic E-state index is 14.0. The van der Waals surface area contributed by atoms with Crippen molar-refractivity contribution < 1.29 is 13.6 Å². The molecule has 2 N–H and O–H groups in total. The van der Waals surface area contributed by atoms with Crippen molar-refractivity contribution in [2.45, 2.75) is 32.2 Å². The molecule has 0 amide bonds. The number of hydrogen-bond donors (Lipinski definition) is 1. The van der Waals surface area contributed by atoms with E-state index in [9.17, 15) is 8.87 Å². The Morgan fingerprint density at radius 3 is 2.44 bits per heavy atom. The number of nitrogens with two attached hydrogens (primary N) is 1. The average Bonchev–Trinajstić information content (AvgIpc) is 2.89. The molecular weight excluding hydrogens is 324 g/mol. The second-order valence-corrected chi connectivity index (χ2v) is 6.19. The normalized spacial score (nSPS) is 13.8. The molecule has 0 fully saturated rings. The van der Waals surface area contributed by atoms with Gasteiger partial charge in [-0.2, -0.15) is 4.39 Å². The summed E-state index contributed by atoms with van der Waals surface area (Å²) < 4.78 is 33.0. The Kier molecular flexibility index (Phi) is 4.72. The van der Waals surface area contributed by atoms with Crippen LogP contribution in [0.4, 0.5) is 8.87 Å². The molecule has 2 unspecified atom stereocenters. The molecule has 0 aliphatic rings. The van der Waals surface area contributed by atoms with Crippen LogP contribution in [0.5, 0.6) is 5.75 Å². The van der Waals surface area contributed by atoms with Crippen LogP contribution in [-0.4, -0.2) is 23.2 Å². The van der Waals surface area contributed by atoms with E-state index in [-0.39, 0.29) is 33.5 Å². The van der Waals surface area contributed by atoms with Gasteiger partial charge in [0.15, 0.2) is 0 Å². The minimum Gasteiger partial charge on any atom is -0.495 e. The van der Waals surface area contributed by atoms with Gasteiger partial charge in [-0.25, -0.2) is 0 Å². The van der Waals surface area contributed by atoms with E-state index < -0.39 is 5.95 Å². The lowest BCUT2D eigenvalue weighted by molar-refractivity contribution is 0.317. The summed E-state index contributed by atoms with van der Waals surface area (Å²) in [6, 6.07) is 11.2.